The summed E-state index contributed by atoms with van der Waals surface area (Å²) >= 11 is 0. The van der Waals surface area contributed by atoms with Crippen molar-refractivity contribution >= 4 is 17.8 Å². The van der Waals surface area contributed by atoms with Crippen molar-refractivity contribution in [3.05, 3.63) is 35.4 Å². The lowest BCUT2D eigenvalue weighted by Crippen LogP contribution is -2.47. The van der Waals surface area contributed by atoms with Crippen molar-refractivity contribution in [2.75, 3.05) is 13.1 Å². The molecule has 7 nitrogen and oxygen atoms in total. The molecule has 4 N–H and O–H groups in total. The van der Waals surface area contributed by atoms with Gasteiger partial charge in [-0.25, -0.2) is 4.79 Å². The molecule has 1 fully saturated rings. The first-order valence-electron chi connectivity index (χ1n) is 9.09. The van der Waals surface area contributed by atoms with Crippen LogP contribution in [0.1, 0.15) is 37.8 Å². The summed E-state index contributed by atoms with van der Waals surface area (Å²) in [5.74, 6) is -0.331. The third kappa shape index (κ3) is 3.19. The van der Waals surface area contributed by atoms with Gasteiger partial charge in [-0.2, -0.15) is 0 Å². The smallest absolute Gasteiger partial charge is 0.325 e. The number of nitrogens with two attached hydrogens (primary N) is 1. The van der Waals surface area contributed by atoms with Crippen molar-refractivity contribution in [1.29, 1.82) is 0 Å². The van der Waals surface area contributed by atoms with E-state index in [9.17, 15) is 14.4 Å². The topological polar surface area (TPSA) is 105 Å². The molecule has 3 rings (SSSR count). The van der Waals surface area contributed by atoms with Gasteiger partial charge in [-0.15, -0.1) is 0 Å². The molecule has 26 heavy (non-hydrogen) atoms. The van der Waals surface area contributed by atoms with E-state index in [1.165, 1.54) is 0 Å². The average molecular weight is 358 g/mol. The van der Waals surface area contributed by atoms with Crippen LogP contribution in [0.25, 0.3) is 0 Å². The van der Waals surface area contributed by atoms with E-state index in [1.54, 1.807) is 0 Å². The van der Waals surface area contributed by atoms with Gasteiger partial charge in [0.25, 0.3) is 5.91 Å². The van der Waals surface area contributed by atoms with Gasteiger partial charge in [-0.1, -0.05) is 38.1 Å². The number of urea groups is 1. The summed E-state index contributed by atoms with van der Waals surface area (Å²) in [6.07, 6.45) is 2.00. The highest BCUT2D eigenvalue weighted by atomic mass is 16.2. The summed E-state index contributed by atoms with van der Waals surface area (Å²) in [6, 6.07) is 6.94. The Morgan fingerprint density at radius 1 is 1.35 bits per heavy atom. The number of hydrogen-bond acceptors (Lipinski definition) is 4. The molecule has 0 saturated carbocycles. The number of nitrogens with one attached hydrogen (secondary N) is 2. The van der Waals surface area contributed by atoms with Crippen molar-refractivity contribution in [3.63, 3.8) is 0 Å². The van der Waals surface area contributed by atoms with Gasteiger partial charge in [0, 0.05) is 12.6 Å². The lowest BCUT2D eigenvalue weighted by Gasteiger charge is -2.23. The van der Waals surface area contributed by atoms with E-state index < -0.39 is 11.6 Å². The van der Waals surface area contributed by atoms with Gasteiger partial charge in [0.2, 0.25) is 5.91 Å². The summed E-state index contributed by atoms with van der Waals surface area (Å²) < 4.78 is 0. The van der Waals surface area contributed by atoms with Crippen LogP contribution in [-0.4, -0.2) is 41.9 Å². The third-order valence-electron chi connectivity index (χ3n) is 5.13. The van der Waals surface area contributed by atoms with Crippen LogP contribution in [-0.2, 0) is 21.5 Å². The molecule has 1 aromatic rings. The molecule has 0 bridgehead atoms. The molecule has 4 amide bonds. The molecule has 7 heteroatoms. The normalized spacial score (nSPS) is 22.7. The zero-order valence-corrected chi connectivity index (χ0v) is 15.2. The Balaban J connectivity index is 1.72. The van der Waals surface area contributed by atoms with Crippen molar-refractivity contribution in [2.24, 2.45) is 11.7 Å². The molecule has 1 spiro atoms. The Bertz CT molecular complexity index is 733. The summed E-state index contributed by atoms with van der Waals surface area (Å²) in [5, 5.41) is 5.65. The molecule has 1 aliphatic heterocycles. The Morgan fingerprint density at radius 2 is 2.08 bits per heavy atom. The van der Waals surface area contributed by atoms with Gasteiger partial charge >= 0.3 is 6.03 Å². The van der Waals surface area contributed by atoms with E-state index in [2.05, 4.69) is 10.6 Å². The number of nitrogens with zero attached hydrogens (tertiary/aromatic N) is 1. The number of imide groups is 1. The van der Waals surface area contributed by atoms with Crippen LogP contribution in [0.5, 0.6) is 0 Å². The lowest BCUT2D eigenvalue weighted by atomic mass is 9.92. The Kier molecular flexibility index (Phi) is 5.00. The highest BCUT2D eigenvalue weighted by Gasteiger charge is 2.55. The zero-order chi connectivity index (χ0) is 18.9. The van der Waals surface area contributed by atoms with E-state index in [1.807, 2.05) is 38.1 Å². The molecular formula is C19H26N4O3. The Morgan fingerprint density at radius 3 is 2.77 bits per heavy atom. The molecule has 2 unspecified atom stereocenters. The standard InChI is InChI=1S/C19H26N4O3/c1-12(2)9-14(10-20)21-16(24)11-23-17(25)19(22-18(23)26)8-7-13-5-3-4-6-15(13)19/h3-6,12,14H,7-11,20H2,1-2H3,(H,21,24)(H,22,26). The molecule has 2 atom stereocenters. The first-order chi connectivity index (χ1) is 12.4. The van der Waals surface area contributed by atoms with Crippen LogP contribution in [0.15, 0.2) is 24.3 Å². The predicted octanol–water partition coefficient (Wildman–Crippen LogP) is 0.870. The monoisotopic (exact) mass is 358 g/mol. The quantitative estimate of drug-likeness (QED) is 0.656. The summed E-state index contributed by atoms with van der Waals surface area (Å²) in [5.41, 5.74) is 6.57. The number of rotatable bonds is 6. The third-order valence-corrected chi connectivity index (χ3v) is 5.13. The van der Waals surface area contributed by atoms with Crippen LogP contribution in [0.3, 0.4) is 0 Å². The Hall–Kier alpha value is -2.41. The van der Waals surface area contributed by atoms with E-state index in [0.29, 0.717) is 18.9 Å². The van der Waals surface area contributed by atoms with Crippen LogP contribution >= 0.6 is 0 Å². The van der Waals surface area contributed by atoms with E-state index in [-0.39, 0.29) is 24.4 Å². The molecule has 1 aliphatic carbocycles. The second-order valence-corrected chi connectivity index (χ2v) is 7.51. The number of aryl methyl sites for hydroxylation is 1. The number of hydrogen-bond donors (Lipinski definition) is 3. The Labute approximate surface area is 153 Å². The highest BCUT2D eigenvalue weighted by Crippen LogP contribution is 2.41. The predicted molar refractivity (Wildman–Crippen MR) is 97.1 cm³/mol. The summed E-state index contributed by atoms with van der Waals surface area (Å²) in [7, 11) is 0. The number of carbonyl (C=O) groups is 3. The van der Waals surface area contributed by atoms with E-state index in [4.69, 9.17) is 5.73 Å². The molecule has 1 saturated heterocycles. The number of benzene rings is 1. The fourth-order valence-electron chi connectivity index (χ4n) is 3.93. The van der Waals surface area contributed by atoms with Crippen molar-refractivity contribution in [2.45, 2.75) is 44.7 Å². The zero-order valence-electron chi connectivity index (χ0n) is 15.2. The SMILES string of the molecule is CC(C)CC(CN)NC(=O)CN1C(=O)NC2(CCc3ccccc32)C1=O. The summed E-state index contributed by atoms with van der Waals surface area (Å²) in [6.45, 7) is 4.13. The summed E-state index contributed by atoms with van der Waals surface area (Å²) in [4.78, 5) is 38.8. The maximum atomic E-state index is 13.0. The van der Waals surface area contributed by atoms with Crippen molar-refractivity contribution in [3.8, 4) is 0 Å². The molecule has 1 heterocycles. The largest absolute Gasteiger partial charge is 0.351 e. The average Bonchev–Trinajstić information content (AvgIpc) is 3.08. The molecular weight excluding hydrogens is 332 g/mol. The van der Waals surface area contributed by atoms with Gasteiger partial charge in [0.1, 0.15) is 12.1 Å². The number of fused-ring (bicyclic) bond motifs is 2. The fourth-order valence-corrected chi connectivity index (χ4v) is 3.93. The maximum Gasteiger partial charge on any atom is 0.325 e. The number of carbonyl (C=O) groups excluding carboxylic acids is 3. The minimum absolute atomic E-state index is 0.163. The molecule has 1 aromatic carbocycles. The minimum atomic E-state index is -1.03. The first kappa shape index (κ1) is 18.4. The van der Waals surface area contributed by atoms with Gasteiger partial charge in [-0.3, -0.25) is 14.5 Å². The van der Waals surface area contributed by atoms with Gasteiger partial charge in [-0.05, 0) is 36.3 Å². The highest BCUT2D eigenvalue weighted by molar-refractivity contribution is 6.09. The van der Waals surface area contributed by atoms with Gasteiger partial charge < -0.3 is 16.4 Å². The second-order valence-electron chi connectivity index (χ2n) is 7.51. The number of amides is 4. The van der Waals surface area contributed by atoms with E-state index >= 15 is 0 Å². The van der Waals surface area contributed by atoms with Gasteiger partial charge in [0.05, 0.1) is 0 Å². The molecule has 0 aromatic heterocycles. The fraction of sp³-hybridized carbons (Fsp3) is 0.526. The minimum Gasteiger partial charge on any atom is -0.351 e. The van der Waals surface area contributed by atoms with Crippen molar-refractivity contribution in [1.82, 2.24) is 15.5 Å². The van der Waals surface area contributed by atoms with Gasteiger partial charge in [0.15, 0.2) is 0 Å². The van der Waals surface area contributed by atoms with E-state index in [0.717, 1.165) is 28.9 Å². The lowest BCUT2D eigenvalue weighted by molar-refractivity contribution is -0.135. The second kappa shape index (κ2) is 7.07. The molecule has 2 aliphatic rings. The van der Waals surface area contributed by atoms with Crippen LogP contribution in [0.4, 0.5) is 4.79 Å². The van der Waals surface area contributed by atoms with Crippen molar-refractivity contribution < 1.29 is 14.4 Å². The maximum absolute atomic E-state index is 13.0. The first-order valence-corrected chi connectivity index (χ1v) is 9.09. The molecule has 0 radical (unpaired) electrons. The van der Waals surface area contributed by atoms with Crippen LogP contribution in [0, 0.1) is 5.92 Å². The molecule has 140 valence electrons. The van der Waals surface area contributed by atoms with Crippen LogP contribution < -0.4 is 16.4 Å². The van der Waals surface area contributed by atoms with Crippen LogP contribution in [0.2, 0.25) is 0 Å².